The van der Waals surface area contributed by atoms with Crippen LogP contribution in [0.25, 0.3) is 32.7 Å². The maximum absolute atomic E-state index is 6.59. The van der Waals surface area contributed by atoms with Gasteiger partial charge in [0.15, 0.2) is 23.0 Å². The Labute approximate surface area is 294 Å². The van der Waals surface area contributed by atoms with Gasteiger partial charge in [-0.3, -0.25) is 0 Å². The lowest BCUT2D eigenvalue weighted by molar-refractivity contribution is 0.360. The van der Waals surface area contributed by atoms with E-state index in [4.69, 9.17) is 13.9 Å². The average molecular weight is 659 g/mol. The molecule has 0 fully saturated rings. The Balaban J connectivity index is 1.12. The van der Waals surface area contributed by atoms with Crippen molar-refractivity contribution in [2.45, 2.75) is 0 Å². The van der Waals surface area contributed by atoms with Gasteiger partial charge in [0.1, 0.15) is 11.2 Å². The van der Waals surface area contributed by atoms with Gasteiger partial charge in [-0.05, 0) is 90.3 Å². The minimum atomic E-state index is 0.662. The fraction of sp³-hybridized carbons (Fsp3) is 0. The molecule has 1 aliphatic rings. The van der Waals surface area contributed by atoms with Crippen LogP contribution in [0, 0.1) is 0 Å². The molecular formula is C46H30N2O3. The quantitative estimate of drug-likeness (QED) is 0.178. The van der Waals surface area contributed by atoms with Crippen molar-refractivity contribution < 1.29 is 13.9 Å². The molecule has 2 heterocycles. The molecule has 0 amide bonds. The number of anilines is 6. The Morgan fingerprint density at radius 2 is 0.902 bits per heavy atom. The zero-order valence-electron chi connectivity index (χ0n) is 27.4. The largest absolute Gasteiger partial charge is 0.456 e. The number of fused-ring (bicyclic) bond motifs is 6. The maximum atomic E-state index is 6.59. The Bertz CT molecular complexity index is 2680. The Kier molecular flexibility index (Phi) is 6.74. The number of hydrogen-bond acceptors (Lipinski definition) is 5. The monoisotopic (exact) mass is 658 g/mol. The number of rotatable bonds is 6. The van der Waals surface area contributed by atoms with Crippen molar-refractivity contribution in [2.75, 3.05) is 9.80 Å². The molecule has 10 rings (SSSR count). The molecule has 8 aromatic carbocycles. The molecule has 0 radical (unpaired) electrons. The minimum absolute atomic E-state index is 0.662. The third-order valence-corrected chi connectivity index (χ3v) is 9.47. The highest BCUT2D eigenvalue weighted by molar-refractivity contribution is 6.08. The zero-order valence-corrected chi connectivity index (χ0v) is 27.4. The van der Waals surface area contributed by atoms with Crippen molar-refractivity contribution in [2.24, 2.45) is 0 Å². The number of ether oxygens (including phenoxy) is 2. The first-order valence-electron chi connectivity index (χ1n) is 17.0. The van der Waals surface area contributed by atoms with E-state index >= 15 is 0 Å². The molecule has 5 heteroatoms. The summed E-state index contributed by atoms with van der Waals surface area (Å²) in [4.78, 5) is 4.53. The predicted octanol–water partition coefficient (Wildman–Crippen LogP) is 13.6. The summed E-state index contributed by atoms with van der Waals surface area (Å²) in [5.41, 5.74) is 7.83. The molecule has 51 heavy (non-hydrogen) atoms. The smallest absolute Gasteiger partial charge is 0.172 e. The maximum Gasteiger partial charge on any atom is 0.172 e. The first-order chi connectivity index (χ1) is 25.3. The van der Waals surface area contributed by atoms with Crippen LogP contribution < -0.4 is 19.3 Å². The lowest BCUT2D eigenvalue weighted by Crippen LogP contribution is -2.11. The van der Waals surface area contributed by atoms with E-state index in [1.54, 1.807) is 0 Å². The van der Waals surface area contributed by atoms with Crippen LogP contribution in [0.1, 0.15) is 0 Å². The number of nitrogens with zero attached hydrogens (tertiary/aromatic N) is 2. The highest BCUT2D eigenvalue weighted by Gasteiger charge is 2.23. The van der Waals surface area contributed by atoms with Crippen LogP contribution in [0.5, 0.6) is 23.0 Å². The van der Waals surface area contributed by atoms with Gasteiger partial charge < -0.3 is 23.7 Å². The van der Waals surface area contributed by atoms with E-state index in [-0.39, 0.29) is 0 Å². The van der Waals surface area contributed by atoms with Gasteiger partial charge in [-0.15, -0.1) is 0 Å². The summed E-state index contributed by atoms with van der Waals surface area (Å²) in [5.74, 6) is 2.74. The van der Waals surface area contributed by atoms with E-state index < -0.39 is 0 Å². The molecule has 1 aliphatic heterocycles. The zero-order chi connectivity index (χ0) is 33.7. The normalized spacial score (nSPS) is 11.8. The van der Waals surface area contributed by atoms with E-state index in [9.17, 15) is 0 Å². The molecule has 0 spiro atoms. The third kappa shape index (κ3) is 5.03. The summed E-state index contributed by atoms with van der Waals surface area (Å²) in [5, 5.41) is 4.40. The van der Waals surface area contributed by atoms with E-state index in [0.717, 1.165) is 66.8 Å². The molecular weight excluding hydrogens is 629 g/mol. The summed E-state index contributed by atoms with van der Waals surface area (Å²) >= 11 is 0. The Morgan fingerprint density at radius 3 is 1.69 bits per heavy atom. The van der Waals surface area contributed by atoms with Gasteiger partial charge >= 0.3 is 0 Å². The highest BCUT2D eigenvalue weighted by Crippen LogP contribution is 2.49. The van der Waals surface area contributed by atoms with E-state index in [1.807, 2.05) is 48.5 Å². The van der Waals surface area contributed by atoms with Crippen LogP contribution in [-0.2, 0) is 0 Å². The first kappa shape index (κ1) is 29.0. The van der Waals surface area contributed by atoms with Crippen molar-refractivity contribution in [1.82, 2.24) is 0 Å². The molecule has 9 aromatic rings. The van der Waals surface area contributed by atoms with Crippen molar-refractivity contribution in [1.29, 1.82) is 0 Å². The van der Waals surface area contributed by atoms with Crippen LogP contribution in [0.3, 0.4) is 0 Å². The van der Waals surface area contributed by atoms with Gasteiger partial charge in [0.25, 0.3) is 0 Å². The summed E-state index contributed by atoms with van der Waals surface area (Å²) in [6.45, 7) is 0. The molecule has 0 N–H and O–H groups in total. The molecule has 242 valence electrons. The summed E-state index contributed by atoms with van der Waals surface area (Å²) < 4.78 is 19.2. The lowest BCUT2D eigenvalue weighted by Gasteiger charge is -2.28. The van der Waals surface area contributed by atoms with Crippen LogP contribution in [0.15, 0.2) is 186 Å². The van der Waals surface area contributed by atoms with Crippen molar-refractivity contribution in [3.63, 3.8) is 0 Å². The van der Waals surface area contributed by atoms with E-state index in [0.29, 0.717) is 23.0 Å². The topological polar surface area (TPSA) is 38.1 Å². The SMILES string of the molecule is c1ccc(N(c2ccccc2)c2ccc3oc4cc(N(c5ccc6c(c5)Oc5ccccc5O6)c5cccc6ccccc56)ccc4c3c2)cc1. The molecule has 1 aromatic heterocycles. The first-order valence-corrected chi connectivity index (χ1v) is 17.0. The molecule has 0 unspecified atom stereocenters. The predicted molar refractivity (Wildman–Crippen MR) is 207 cm³/mol. The summed E-state index contributed by atoms with van der Waals surface area (Å²) in [6, 6.07) is 62.5. The Morgan fingerprint density at radius 1 is 0.314 bits per heavy atom. The molecule has 0 atom stereocenters. The summed E-state index contributed by atoms with van der Waals surface area (Å²) in [7, 11) is 0. The second kappa shape index (κ2) is 11.9. The van der Waals surface area contributed by atoms with Crippen LogP contribution in [-0.4, -0.2) is 0 Å². The van der Waals surface area contributed by atoms with E-state index in [1.165, 1.54) is 0 Å². The number of benzene rings is 8. The molecule has 5 nitrogen and oxygen atoms in total. The molecule has 0 bridgehead atoms. The average Bonchev–Trinajstić information content (AvgIpc) is 3.55. The fourth-order valence-electron chi connectivity index (χ4n) is 7.12. The highest BCUT2D eigenvalue weighted by atomic mass is 16.6. The fourth-order valence-corrected chi connectivity index (χ4v) is 7.12. The van der Waals surface area contributed by atoms with Crippen molar-refractivity contribution in [3.8, 4) is 23.0 Å². The van der Waals surface area contributed by atoms with Crippen molar-refractivity contribution >= 4 is 66.8 Å². The Hall–Kier alpha value is -6.98. The minimum Gasteiger partial charge on any atom is -0.456 e. The number of para-hydroxylation sites is 4. The van der Waals surface area contributed by atoms with Gasteiger partial charge in [-0.25, -0.2) is 0 Å². The standard InChI is InChI=1S/C46H30N2O3/c1-3-14-32(15-4-1)47(33-16-5-2-6-17-33)34-23-26-41-39(28-34)38-25-22-35(29-45(38)49-41)48(40-19-11-13-31-12-7-8-18-37(31)40)36-24-27-44-46(30-36)51-43-21-10-9-20-42(43)50-44/h1-30H. The van der Waals surface area contributed by atoms with Gasteiger partial charge in [0.2, 0.25) is 0 Å². The van der Waals surface area contributed by atoms with Crippen LogP contribution in [0.4, 0.5) is 34.1 Å². The van der Waals surface area contributed by atoms with E-state index in [2.05, 4.69) is 143 Å². The van der Waals surface area contributed by atoms with Gasteiger partial charge in [-0.2, -0.15) is 0 Å². The van der Waals surface area contributed by atoms with Gasteiger partial charge in [-0.1, -0.05) is 84.9 Å². The second-order valence-electron chi connectivity index (χ2n) is 12.6. The van der Waals surface area contributed by atoms with Gasteiger partial charge in [0, 0.05) is 51.0 Å². The molecule has 0 saturated heterocycles. The number of hydrogen-bond donors (Lipinski definition) is 0. The number of furan rings is 1. The van der Waals surface area contributed by atoms with Crippen LogP contribution >= 0.6 is 0 Å². The van der Waals surface area contributed by atoms with Gasteiger partial charge in [0.05, 0.1) is 11.4 Å². The second-order valence-corrected chi connectivity index (χ2v) is 12.6. The van der Waals surface area contributed by atoms with Crippen molar-refractivity contribution in [3.05, 3.63) is 182 Å². The summed E-state index contributed by atoms with van der Waals surface area (Å²) in [6.07, 6.45) is 0. The third-order valence-electron chi connectivity index (χ3n) is 9.47. The van der Waals surface area contributed by atoms with Crippen LogP contribution in [0.2, 0.25) is 0 Å². The molecule has 0 aliphatic carbocycles. The lowest BCUT2D eigenvalue weighted by atomic mass is 10.1. The molecule has 0 saturated carbocycles.